The van der Waals surface area contributed by atoms with Crippen molar-refractivity contribution >= 4 is 23.2 Å². The molecule has 0 spiro atoms. The van der Waals surface area contributed by atoms with Crippen LogP contribution in [0, 0.1) is 5.82 Å². The molecule has 0 fully saturated rings. The van der Waals surface area contributed by atoms with E-state index < -0.39 is 5.54 Å². The second kappa shape index (κ2) is 9.16. The zero-order chi connectivity index (χ0) is 21.9. The van der Waals surface area contributed by atoms with Crippen molar-refractivity contribution in [1.82, 2.24) is 9.80 Å². The number of halogens is 1. The fraction of sp³-hybridized carbons (Fsp3) is 0.478. The summed E-state index contributed by atoms with van der Waals surface area (Å²) in [7, 11) is 0. The molecule has 0 saturated heterocycles. The summed E-state index contributed by atoms with van der Waals surface area (Å²) in [5.74, 6) is 0.114. The quantitative estimate of drug-likeness (QED) is 0.679. The lowest BCUT2D eigenvalue weighted by Gasteiger charge is -2.40. The molecule has 5 nitrogen and oxygen atoms in total. The Morgan fingerprint density at radius 1 is 1.23 bits per heavy atom. The number of carbonyl (C=O) groups excluding carboxylic acids is 2. The number of hydrogen-bond acceptors (Lipinski definition) is 4. The third-order valence-corrected chi connectivity index (χ3v) is 6.34. The summed E-state index contributed by atoms with van der Waals surface area (Å²) in [5, 5.41) is 2.03. The molecular weight excluding hydrogens is 403 g/mol. The number of carbonyl (C=O) groups is 2. The Morgan fingerprint density at radius 3 is 2.57 bits per heavy atom. The highest BCUT2D eigenvalue weighted by Gasteiger charge is 2.35. The molecule has 3 rings (SSSR count). The maximum Gasteiger partial charge on any atom is 0.242 e. The monoisotopic (exact) mass is 432 g/mol. The van der Waals surface area contributed by atoms with Crippen molar-refractivity contribution in [3.05, 3.63) is 52.0 Å². The molecule has 1 aromatic heterocycles. The molecule has 162 valence electrons. The first-order valence-electron chi connectivity index (χ1n) is 10.2. The van der Waals surface area contributed by atoms with E-state index in [4.69, 9.17) is 4.74 Å². The lowest BCUT2D eigenvalue weighted by molar-refractivity contribution is -0.146. The molecule has 2 amide bonds. The van der Waals surface area contributed by atoms with Crippen LogP contribution in [-0.4, -0.2) is 46.8 Å². The third kappa shape index (κ3) is 5.01. The second-order valence-corrected chi connectivity index (χ2v) is 9.42. The number of thiophene rings is 1. The molecule has 2 aromatic rings. The molecule has 1 atom stereocenters. The lowest BCUT2D eigenvalue weighted by Crippen LogP contribution is -2.53. The maximum absolute atomic E-state index is 13.3. The number of hydrogen-bond donors (Lipinski definition) is 0. The molecule has 1 aromatic carbocycles. The Balaban J connectivity index is 1.79. The zero-order valence-corrected chi connectivity index (χ0v) is 18.8. The molecule has 0 N–H and O–H groups in total. The summed E-state index contributed by atoms with van der Waals surface area (Å²) in [5.41, 5.74) is 0.650. The van der Waals surface area contributed by atoms with Crippen LogP contribution in [0.15, 0.2) is 35.7 Å². The summed E-state index contributed by atoms with van der Waals surface area (Å²) >= 11 is 1.69. The van der Waals surface area contributed by atoms with E-state index in [0.717, 1.165) is 12.0 Å². The van der Waals surface area contributed by atoms with E-state index in [1.54, 1.807) is 28.4 Å². The van der Waals surface area contributed by atoms with Crippen LogP contribution in [0.3, 0.4) is 0 Å². The predicted octanol–water partition coefficient (Wildman–Crippen LogP) is 4.43. The van der Waals surface area contributed by atoms with E-state index in [9.17, 15) is 14.0 Å². The van der Waals surface area contributed by atoms with Gasteiger partial charge in [0.15, 0.2) is 0 Å². The average Bonchev–Trinajstić information content (AvgIpc) is 3.18. The predicted molar refractivity (Wildman–Crippen MR) is 116 cm³/mol. The molecule has 0 aliphatic carbocycles. The van der Waals surface area contributed by atoms with Gasteiger partial charge in [0.2, 0.25) is 11.8 Å². The highest BCUT2D eigenvalue weighted by atomic mass is 32.1. The fourth-order valence-corrected chi connectivity index (χ4v) is 4.63. The van der Waals surface area contributed by atoms with Crippen molar-refractivity contribution in [3.63, 3.8) is 0 Å². The Labute approximate surface area is 181 Å². The van der Waals surface area contributed by atoms with Crippen LogP contribution < -0.4 is 4.74 Å². The van der Waals surface area contributed by atoms with E-state index in [-0.39, 0.29) is 36.8 Å². The smallest absolute Gasteiger partial charge is 0.242 e. The van der Waals surface area contributed by atoms with Gasteiger partial charge < -0.3 is 14.5 Å². The summed E-state index contributed by atoms with van der Waals surface area (Å²) in [6.07, 6.45) is 1.15. The molecule has 1 aliphatic rings. The van der Waals surface area contributed by atoms with Crippen LogP contribution in [0.4, 0.5) is 4.39 Å². The van der Waals surface area contributed by atoms with E-state index in [0.29, 0.717) is 18.7 Å². The van der Waals surface area contributed by atoms with Gasteiger partial charge in [-0.1, -0.05) is 6.92 Å². The van der Waals surface area contributed by atoms with Gasteiger partial charge in [0.05, 0.1) is 6.04 Å². The van der Waals surface area contributed by atoms with Gasteiger partial charge in [-0.15, -0.1) is 11.3 Å². The second-order valence-electron chi connectivity index (χ2n) is 8.42. The molecule has 0 bridgehead atoms. The molecule has 1 aliphatic heterocycles. The highest BCUT2D eigenvalue weighted by Crippen LogP contribution is 2.34. The number of nitrogens with zero attached hydrogens (tertiary/aromatic N) is 2. The van der Waals surface area contributed by atoms with Crippen molar-refractivity contribution in [2.24, 2.45) is 0 Å². The van der Waals surface area contributed by atoms with Gasteiger partial charge in [0.25, 0.3) is 0 Å². The SMILES string of the molecule is CCC(=O)N(CC(=O)N1CCc2sccc2[C@H]1COc1ccc(F)cc1)C(C)(C)C. The van der Waals surface area contributed by atoms with Crippen LogP contribution in [0.5, 0.6) is 5.75 Å². The number of amides is 2. The highest BCUT2D eigenvalue weighted by molar-refractivity contribution is 7.10. The lowest BCUT2D eigenvalue weighted by atomic mass is 9.99. The first-order valence-corrected chi connectivity index (χ1v) is 11.1. The number of ether oxygens (including phenoxy) is 1. The van der Waals surface area contributed by atoms with Gasteiger partial charge >= 0.3 is 0 Å². The van der Waals surface area contributed by atoms with E-state index in [2.05, 4.69) is 0 Å². The minimum atomic E-state index is -0.438. The Kier molecular flexibility index (Phi) is 6.81. The number of benzene rings is 1. The molecule has 30 heavy (non-hydrogen) atoms. The Bertz CT molecular complexity index is 889. The van der Waals surface area contributed by atoms with Gasteiger partial charge in [-0.05, 0) is 68.5 Å². The van der Waals surface area contributed by atoms with Gasteiger partial charge in [-0.3, -0.25) is 9.59 Å². The van der Waals surface area contributed by atoms with E-state index in [1.165, 1.54) is 17.0 Å². The summed E-state index contributed by atoms with van der Waals surface area (Å²) in [4.78, 5) is 30.5. The number of rotatable bonds is 6. The van der Waals surface area contributed by atoms with Crippen LogP contribution in [-0.2, 0) is 16.0 Å². The molecule has 0 unspecified atom stereocenters. The van der Waals surface area contributed by atoms with Gasteiger partial charge in [-0.2, -0.15) is 0 Å². The fourth-order valence-electron chi connectivity index (χ4n) is 3.70. The topological polar surface area (TPSA) is 49.9 Å². The van der Waals surface area contributed by atoms with Gasteiger partial charge in [0.1, 0.15) is 24.7 Å². The van der Waals surface area contributed by atoms with Crippen LogP contribution in [0.2, 0.25) is 0 Å². The van der Waals surface area contributed by atoms with Crippen molar-refractivity contribution in [1.29, 1.82) is 0 Å². The maximum atomic E-state index is 13.3. The van der Waals surface area contributed by atoms with Crippen molar-refractivity contribution in [2.45, 2.75) is 52.1 Å². The third-order valence-electron chi connectivity index (χ3n) is 5.34. The zero-order valence-electron chi connectivity index (χ0n) is 18.0. The van der Waals surface area contributed by atoms with Crippen LogP contribution in [0.25, 0.3) is 0 Å². The molecule has 2 heterocycles. The van der Waals surface area contributed by atoms with Crippen molar-refractivity contribution in [2.75, 3.05) is 19.7 Å². The van der Waals surface area contributed by atoms with Crippen molar-refractivity contribution in [3.8, 4) is 5.75 Å². The molecular formula is C23H29FN2O3S. The van der Waals surface area contributed by atoms with Crippen molar-refractivity contribution < 1.29 is 18.7 Å². The van der Waals surface area contributed by atoms with E-state index in [1.807, 2.05) is 44.0 Å². The molecule has 7 heteroatoms. The van der Waals surface area contributed by atoms with Crippen LogP contribution >= 0.6 is 11.3 Å². The normalized spacial score (nSPS) is 16.2. The average molecular weight is 433 g/mol. The summed E-state index contributed by atoms with van der Waals surface area (Å²) in [6.45, 7) is 8.54. The van der Waals surface area contributed by atoms with E-state index >= 15 is 0 Å². The minimum absolute atomic E-state index is 0.0387. The minimum Gasteiger partial charge on any atom is -0.491 e. The van der Waals surface area contributed by atoms with Gasteiger partial charge in [0, 0.05) is 23.4 Å². The standard InChI is InChI=1S/C23H29FN2O3S/c1-5-21(27)26(23(2,3)4)14-22(28)25-12-10-20-18(11-13-30-20)19(25)15-29-17-8-6-16(24)7-9-17/h6-9,11,13,19H,5,10,12,14-15H2,1-4H3/t19-/m1/s1. The van der Waals surface area contributed by atoms with Gasteiger partial charge in [-0.25, -0.2) is 4.39 Å². The van der Waals surface area contributed by atoms with Crippen LogP contribution in [0.1, 0.15) is 50.6 Å². The first kappa shape index (κ1) is 22.3. The largest absolute Gasteiger partial charge is 0.491 e. The molecule has 0 saturated carbocycles. The number of fused-ring (bicyclic) bond motifs is 1. The summed E-state index contributed by atoms with van der Waals surface area (Å²) in [6, 6.07) is 7.67. The first-order chi connectivity index (χ1) is 14.2. The summed E-state index contributed by atoms with van der Waals surface area (Å²) < 4.78 is 19.1. The molecule has 0 radical (unpaired) electrons. The Morgan fingerprint density at radius 2 is 1.93 bits per heavy atom. The Hall–Kier alpha value is -2.41.